The molecule has 0 aliphatic rings. The van der Waals surface area contributed by atoms with Gasteiger partial charge in [0.15, 0.2) is 0 Å². The van der Waals surface area contributed by atoms with Gasteiger partial charge in [0.1, 0.15) is 9.84 Å². The zero-order valence-electron chi connectivity index (χ0n) is 10.8. The van der Waals surface area contributed by atoms with Crippen LogP contribution in [0.5, 0.6) is 0 Å². The standard InChI is InChI=1S/C12H15NO5S2/c1-20(17,18)6-2-5-13-12(16)9-7-10(19-8-9)3-4-11(14)15/h3-4,7-8H,2,5-6H2,1H3,(H,13,16)(H,14,15). The molecule has 0 aliphatic carbocycles. The number of carboxylic acids is 1. The van der Waals surface area contributed by atoms with Crippen LogP contribution in [0.1, 0.15) is 21.7 Å². The van der Waals surface area contributed by atoms with Gasteiger partial charge in [-0.25, -0.2) is 13.2 Å². The molecule has 1 amide bonds. The van der Waals surface area contributed by atoms with Gasteiger partial charge in [0.05, 0.1) is 11.3 Å². The Morgan fingerprint density at radius 1 is 1.45 bits per heavy atom. The van der Waals surface area contributed by atoms with Crippen LogP contribution >= 0.6 is 11.3 Å². The molecule has 0 bridgehead atoms. The van der Waals surface area contributed by atoms with Crippen molar-refractivity contribution in [1.82, 2.24) is 5.32 Å². The van der Waals surface area contributed by atoms with Gasteiger partial charge in [0.2, 0.25) is 0 Å². The van der Waals surface area contributed by atoms with E-state index in [1.807, 2.05) is 0 Å². The molecule has 0 spiro atoms. The fourth-order valence-electron chi connectivity index (χ4n) is 1.35. The van der Waals surface area contributed by atoms with Gasteiger partial charge in [-0.05, 0) is 18.6 Å². The number of aliphatic carboxylic acids is 1. The molecule has 1 aromatic heterocycles. The number of nitrogens with one attached hydrogen (secondary N) is 1. The Morgan fingerprint density at radius 2 is 2.15 bits per heavy atom. The van der Waals surface area contributed by atoms with Gasteiger partial charge in [-0.3, -0.25) is 4.79 Å². The second-order valence-electron chi connectivity index (χ2n) is 4.15. The lowest BCUT2D eigenvalue weighted by atomic mass is 10.3. The molecule has 0 saturated heterocycles. The van der Waals surface area contributed by atoms with Gasteiger partial charge < -0.3 is 10.4 Å². The predicted molar refractivity (Wildman–Crippen MR) is 77.6 cm³/mol. The highest BCUT2D eigenvalue weighted by Gasteiger charge is 2.08. The minimum atomic E-state index is -3.01. The molecule has 0 radical (unpaired) electrons. The summed E-state index contributed by atoms with van der Waals surface area (Å²) in [6, 6.07) is 1.58. The van der Waals surface area contributed by atoms with E-state index in [4.69, 9.17) is 5.11 Å². The summed E-state index contributed by atoms with van der Waals surface area (Å²) in [5, 5.41) is 12.7. The van der Waals surface area contributed by atoms with E-state index < -0.39 is 15.8 Å². The minimum Gasteiger partial charge on any atom is -0.478 e. The molecule has 110 valence electrons. The largest absolute Gasteiger partial charge is 0.478 e. The molecule has 0 atom stereocenters. The maximum atomic E-state index is 11.7. The fourth-order valence-corrected chi connectivity index (χ4v) is 2.80. The van der Waals surface area contributed by atoms with E-state index in [1.165, 1.54) is 17.4 Å². The Labute approximate surface area is 121 Å². The molecule has 1 aromatic rings. The summed E-state index contributed by atoms with van der Waals surface area (Å²) in [6.07, 6.45) is 3.92. The summed E-state index contributed by atoms with van der Waals surface area (Å²) in [7, 11) is -3.01. The Hall–Kier alpha value is -1.67. The van der Waals surface area contributed by atoms with Crippen LogP contribution in [0, 0.1) is 0 Å². The number of hydrogen-bond acceptors (Lipinski definition) is 5. The third-order valence-corrected chi connectivity index (χ3v) is 4.18. The predicted octanol–water partition coefficient (Wildman–Crippen LogP) is 1.01. The van der Waals surface area contributed by atoms with E-state index in [9.17, 15) is 18.0 Å². The second kappa shape index (κ2) is 7.20. The number of thiophene rings is 1. The molecule has 0 unspecified atom stereocenters. The summed E-state index contributed by atoms with van der Waals surface area (Å²) < 4.78 is 21.8. The average Bonchev–Trinajstić information content (AvgIpc) is 2.79. The lowest BCUT2D eigenvalue weighted by molar-refractivity contribution is -0.131. The number of rotatable bonds is 7. The van der Waals surface area contributed by atoms with Crippen LogP contribution in [0.25, 0.3) is 6.08 Å². The van der Waals surface area contributed by atoms with Crippen molar-refractivity contribution < 1.29 is 23.1 Å². The monoisotopic (exact) mass is 317 g/mol. The number of carbonyl (C=O) groups is 2. The summed E-state index contributed by atoms with van der Waals surface area (Å²) in [6.45, 7) is 0.280. The third-order valence-electron chi connectivity index (χ3n) is 2.25. The smallest absolute Gasteiger partial charge is 0.328 e. The first-order chi connectivity index (χ1) is 9.28. The molecule has 0 saturated carbocycles. The maximum Gasteiger partial charge on any atom is 0.328 e. The normalized spacial score (nSPS) is 11.7. The third kappa shape index (κ3) is 6.48. The van der Waals surface area contributed by atoms with Crippen molar-refractivity contribution in [1.29, 1.82) is 0 Å². The summed E-state index contributed by atoms with van der Waals surface area (Å²) >= 11 is 1.26. The van der Waals surface area contributed by atoms with Crippen LogP contribution < -0.4 is 5.32 Å². The van der Waals surface area contributed by atoms with Crippen molar-refractivity contribution >= 4 is 39.1 Å². The number of amides is 1. The number of sulfone groups is 1. The lowest BCUT2D eigenvalue weighted by Gasteiger charge is -2.02. The van der Waals surface area contributed by atoms with Crippen molar-refractivity contribution in [2.75, 3.05) is 18.6 Å². The first kappa shape index (κ1) is 16.4. The Bertz CT molecular complexity index is 616. The van der Waals surface area contributed by atoms with E-state index in [1.54, 1.807) is 11.4 Å². The second-order valence-corrected chi connectivity index (χ2v) is 7.35. The van der Waals surface area contributed by atoms with Gasteiger partial charge in [-0.1, -0.05) is 0 Å². The van der Waals surface area contributed by atoms with Crippen LogP contribution in [-0.2, 0) is 14.6 Å². The Balaban J connectivity index is 2.46. The first-order valence-corrected chi connectivity index (χ1v) is 8.67. The lowest BCUT2D eigenvalue weighted by Crippen LogP contribution is -2.25. The summed E-state index contributed by atoms with van der Waals surface area (Å²) in [4.78, 5) is 22.7. The van der Waals surface area contributed by atoms with Crippen molar-refractivity contribution in [3.8, 4) is 0 Å². The van der Waals surface area contributed by atoms with E-state index in [0.717, 1.165) is 12.3 Å². The molecule has 20 heavy (non-hydrogen) atoms. The fraction of sp³-hybridized carbons (Fsp3) is 0.333. The molecule has 2 N–H and O–H groups in total. The highest BCUT2D eigenvalue weighted by molar-refractivity contribution is 7.90. The Kier molecular flexibility index (Phi) is 5.90. The molecule has 0 aromatic carbocycles. The van der Waals surface area contributed by atoms with Crippen molar-refractivity contribution in [2.24, 2.45) is 0 Å². The molecule has 0 aliphatic heterocycles. The highest BCUT2D eigenvalue weighted by atomic mass is 32.2. The molecular weight excluding hydrogens is 302 g/mol. The minimum absolute atomic E-state index is 0.0313. The van der Waals surface area contributed by atoms with Crippen LogP contribution in [0.4, 0.5) is 0 Å². The van der Waals surface area contributed by atoms with Gasteiger partial charge >= 0.3 is 5.97 Å². The molecule has 1 rings (SSSR count). The molecule has 6 nitrogen and oxygen atoms in total. The summed E-state index contributed by atoms with van der Waals surface area (Å²) in [5.41, 5.74) is 0.430. The Morgan fingerprint density at radius 3 is 2.75 bits per heavy atom. The zero-order valence-corrected chi connectivity index (χ0v) is 12.5. The average molecular weight is 317 g/mol. The van der Waals surface area contributed by atoms with E-state index in [-0.39, 0.29) is 18.2 Å². The van der Waals surface area contributed by atoms with Crippen LogP contribution in [0.3, 0.4) is 0 Å². The quantitative estimate of drug-likeness (QED) is 0.577. The summed E-state index contributed by atoms with van der Waals surface area (Å²) in [5.74, 6) is -1.32. The van der Waals surface area contributed by atoms with Crippen LogP contribution in [-0.4, -0.2) is 44.0 Å². The number of hydrogen-bond donors (Lipinski definition) is 2. The topological polar surface area (TPSA) is 101 Å². The van der Waals surface area contributed by atoms with E-state index in [2.05, 4.69) is 5.32 Å². The molecule has 0 fully saturated rings. The van der Waals surface area contributed by atoms with E-state index >= 15 is 0 Å². The SMILES string of the molecule is CS(=O)(=O)CCCNC(=O)c1csc(C=CC(=O)O)c1. The highest BCUT2D eigenvalue weighted by Crippen LogP contribution is 2.16. The van der Waals surface area contributed by atoms with Crippen LogP contribution in [0.2, 0.25) is 0 Å². The van der Waals surface area contributed by atoms with Crippen LogP contribution in [0.15, 0.2) is 17.5 Å². The van der Waals surface area contributed by atoms with Crippen molar-refractivity contribution in [3.63, 3.8) is 0 Å². The number of carboxylic acid groups (broad SMARTS) is 1. The zero-order chi connectivity index (χ0) is 15.2. The van der Waals surface area contributed by atoms with Crippen molar-refractivity contribution in [3.05, 3.63) is 28.0 Å². The van der Waals surface area contributed by atoms with E-state index in [0.29, 0.717) is 16.9 Å². The van der Waals surface area contributed by atoms with Gasteiger partial charge in [-0.2, -0.15) is 0 Å². The molecular formula is C12H15NO5S2. The number of carbonyl (C=O) groups excluding carboxylic acids is 1. The maximum absolute atomic E-state index is 11.7. The molecule has 8 heteroatoms. The van der Waals surface area contributed by atoms with Gasteiger partial charge in [0, 0.05) is 29.1 Å². The first-order valence-electron chi connectivity index (χ1n) is 5.73. The molecule has 1 heterocycles. The van der Waals surface area contributed by atoms with Gasteiger partial charge in [-0.15, -0.1) is 11.3 Å². The van der Waals surface area contributed by atoms with Crippen molar-refractivity contribution in [2.45, 2.75) is 6.42 Å². The van der Waals surface area contributed by atoms with Gasteiger partial charge in [0.25, 0.3) is 5.91 Å².